The van der Waals surface area contributed by atoms with E-state index in [1.54, 1.807) is 13.2 Å². The van der Waals surface area contributed by atoms with Gasteiger partial charge in [-0.1, -0.05) is 12.1 Å². The van der Waals surface area contributed by atoms with Crippen LogP contribution in [0.2, 0.25) is 0 Å². The minimum atomic E-state index is -0.287. The Balaban J connectivity index is 1.41. The van der Waals surface area contributed by atoms with E-state index in [9.17, 15) is 9.18 Å². The third-order valence-electron chi connectivity index (χ3n) is 5.66. The summed E-state index contributed by atoms with van der Waals surface area (Å²) < 4.78 is 21.0. The van der Waals surface area contributed by atoms with Crippen LogP contribution in [0.3, 0.4) is 0 Å². The van der Waals surface area contributed by atoms with Crippen molar-refractivity contribution in [3.05, 3.63) is 84.4 Å². The molecule has 0 N–H and O–H groups in total. The second kappa shape index (κ2) is 9.03. The topological polar surface area (TPSA) is 37.7 Å². The zero-order valence-electron chi connectivity index (χ0n) is 17.1. The number of ether oxygens (including phenoxy) is 1. The number of rotatable bonds is 6. The number of aromatic nitrogens is 1. The lowest BCUT2D eigenvalue weighted by molar-refractivity contribution is -0.132. The van der Waals surface area contributed by atoms with Crippen molar-refractivity contribution in [2.75, 3.05) is 38.2 Å². The normalized spacial score (nSPS) is 15.1. The molecule has 5 nitrogen and oxygen atoms in total. The van der Waals surface area contributed by atoms with Gasteiger partial charge in [-0.05, 0) is 54.1 Å². The lowest BCUT2D eigenvalue weighted by atomic mass is 10.0. The van der Waals surface area contributed by atoms with Gasteiger partial charge < -0.3 is 19.1 Å². The van der Waals surface area contributed by atoms with Gasteiger partial charge in [-0.15, -0.1) is 0 Å². The van der Waals surface area contributed by atoms with E-state index in [1.807, 2.05) is 64.3 Å². The van der Waals surface area contributed by atoms with Crippen molar-refractivity contribution in [1.29, 1.82) is 0 Å². The fourth-order valence-corrected chi connectivity index (χ4v) is 3.97. The van der Waals surface area contributed by atoms with E-state index in [0.717, 1.165) is 30.1 Å². The number of piperazine rings is 1. The number of anilines is 1. The van der Waals surface area contributed by atoms with Crippen LogP contribution in [-0.4, -0.2) is 48.7 Å². The highest BCUT2D eigenvalue weighted by atomic mass is 19.1. The molecular weight excluding hydrogens is 381 g/mol. The van der Waals surface area contributed by atoms with Crippen molar-refractivity contribution in [2.24, 2.45) is 0 Å². The number of amides is 1. The van der Waals surface area contributed by atoms with Gasteiger partial charge in [0.15, 0.2) is 0 Å². The second-order valence-corrected chi connectivity index (χ2v) is 7.47. The molecule has 2 heterocycles. The molecule has 0 unspecified atom stereocenters. The molecular formula is C24H26FN3O2. The van der Waals surface area contributed by atoms with Crippen molar-refractivity contribution in [3.63, 3.8) is 0 Å². The van der Waals surface area contributed by atoms with Gasteiger partial charge in [0.25, 0.3) is 0 Å². The molecule has 1 saturated heterocycles. The Morgan fingerprint density at radius 3 is 2.33 bits per heavy atom. The highest BCUT2D eigenvalue weighted by Gasteiger charge is 2.25. The van der Waals surface area contributed by atoms with E-state index < -0.39 is 0 Å². The van der Waals surface area contributed by atoms with Crippen LogP contribution < -0.4 is 9.64 Å². The summed E-state index contributed by atoms with van der Waals surface area (Å²) in [6.45, 7) is 2.91. The molecule has 156 valence electrons. The largest absolute Gasteiger partial charge is 0.497 e. The Bertz CT molecular complexity index is 964. The zero-order chi connectivity index (χ0) is 20.9. The third-order valence-corrected chi connectivity index (χ3v) is 5.66. The Labute approximate surface area is 176 Å². The van der Waals surface area contributed by atoms with Crippen molar-refractivity contribution in [3.8, 4) is 5.75 Å². The average molecular weight is 407 g/mol. The molecule has 4 rings (SSSR count). The van der Waals surface area contributed by atoms with Gasteiger partial charge in [0, 0.05) is 44.3 Å². The summed E-state index contributed by atoms with van der Waals surface area (Å²) in [5.41, 5.74) is 1.93. The molecule has 6 heteroatoms. The Morgan fingerprint density at radius 2 is 1.70 bits per heavy atom. The van der Waals surface area contributed by atoms with Gasteiger partial charge in [-0.3, -0.25) is 4.79 Å². The van der Waals surface area contributed by atoms with Gasteiger partial charge >= 0.3 is 0 Å². The molecule has 1 aromatic heterocycles. The van der Waals surface area contributed by atoms with E-state index in [1.165, 1.54) is 12.1 Å². The predicted molar refractivity (Wildman–Crippen MR) is 115 cm³/mol. The fourth-order valence-electron chi connectivity index (χ4n) is 3.97. The van der Waals surface area contributed by atoms with E-state index in [-0.39, 0.29) is 17.8 Å². The number of methoxy groups -OCH3 is 1. The molecule has 0 aliphatic carbocycles. The summed E-state index contributed by atoms with van der Waals surface area (Å²) in [5, 5.41) is 0. The Hall–Kier alpha value is -3.28. The summed E-state index contributed by atoms with van der Waals surface area (Å²) in [5.74, 6) is 0.638. The number of benzene rings is 2. The van der Waals surface area contributed by atoms with Gasteiger partial charge in [-0.2, -0.15) is 0 Å². The van der Waals surface area contributed by atoms with Gasteiger partial charge in [0.05, 0.1) is 19.6 Å². The molecule has 0 spiro atoms. The lowest BCUT2D eigenvalue weighted by Crippen LogP contribution is -2.49. The summed E-state index contributed by atoms with van der Waals surface area (Å²) in [4.78, 5) is 17.3. The average Bonchev–Trinajstić information content (AvgIpc) is 3.32. The molecule has 0 saturated carbocycles. The quantitative estimate of drug-likeness (QED) is 0.621. The van der Waals surface area contributed by atoms with E-state index in [2.05, 4.69) is 4.90 Å². The first-order chi connectivity index (χ1) is 14.6. The highest BCUT2D eigenvalue weighted by Crippen LogP contribution is 2.25. The standard InChI is InChI=1S/C24H26FN3O2/c1-30-22-9-7-21(8-10-22)26-13-15-28(16-14-26)24(29)18-23(27-11-2-3-12-27)19-5-4-6-20(25)17-19/h2-12,17,23H,13-16,18H2,1H3/t23-/m0/s1. The maximum atomic E-state index is 13.8. The first kappa shape index (κ1) is 20.0. The molecule has 2 aromatic carbocycles. The van der Waals surface area contributed by atoms with Crippen molar-refractivity contribution in [1.82, 2.24) is 9.47 Å². The summed E-state index contributed by atoms with van der Waals surface area (Å²) in [6.07, 6.45) is 4.15. The van der Waals surface area contributed by atoms with Gasteiger partial charge in [-0.25, -0.2) is 4.39 Å². The molecule has 30 heavy (non-hydrogen) atoms. The smallest absolute Gasteiger partial charge is 0.225 e. The minimum Gasteiger partial charge on any atom is -0.497 e. The second-order valence-electron chi connectivity index (χ2n) is 7.47. The predicted octanol–water partition coefficient (Wildman–Crippen LogP) is 3.96. The number of nitrogens with zero attached hydrogens (tertiary/aromatic N) is 3. The minimum absolute atomic E-state index is 0.0901. The summed E-state index contributed by atoms with van der Waals surface area (Å²) >= 11 is 0. The molecule has 0 radical (unpaired) electrons. The third kappa shape index (κ3) is 4.48. The van der Waals surface area contributed by atoms with Crippen LogP contribution in [0.4, 0.5) is 10.1 Å². The van der Waals surface area contributed by atoms with Crippen LogP contribution in [0.25, 0.3) is 0 Å². The fraction of sp³-hybridized carbons (Fsp3) is 0.292. The summed E-state index contributed by atoms with van der Waals surface area (Å²) in [6, 6.07) is 18.1. The van der Waals surface area contributed by atoms with Crippen molar-refractivity contribution < 1.29 is 13.9 Å². The SMILES string of the molecule is COc1ccc(N2CCN(C(=O)C[C@@H](c3cccc(F)c3)n3cccc3)CC2)cc1. The van der Waals surface area contributed by atoms with Crippen LogP contribution in [0, 0.1) is 5.82 Å². The number of hydrogen-bond donors (Lipinski definition) is 0. The van der Waals surface area contributed by atoms with Gasteiger partial charge in [0.1, 0.15) is 11.6 Å². The van der Waals surface area contributed by atoms with Crippen molar-refractivity contribution in [2.45, 2.75) is 12.5 Å². The van der Waals surface area contributed by atoms with Crippen LogP contribution in [0.5, 0.6) is 5.75 Å². The van der Waals surface area contributed by atoms with Crippen LogP contribution in [0.15, 0.2) is 73.1 Å². The number of carbonyl (C=O) groups excluding carboxylic acids is 1. The van der Waals surface area contributed by atoms with Crippen LogP contribution in [0.1, 0.15) is 18.0 Å². The van der Waals surface area contributed by atoms with Crippen LogP contribution >= 0.6 is 0 Å². The number of hydrogen-bond acceptors (Lipinski definition) is 3. The molecule has 1 amide bonds. The molecule has 0 bridgehead atoms. The first-order valence-corrected chi connectivity index (χ1v) is 10.2. The number of carbonyl (C=O) groups is 1. The van der Waals surface area contributed by atoms with Gasteiger partial charge in [0.2, 0.25) is 5.91 Å². The van der Waals surface area contributed by atoms with Crippen LogP contribution in [-0.2, 0) is 4.79 Å². The Morgan fingerprint density at radius 1 is 1.00 bits per heavy atom. The maximum Gasteiger partial charge on any atom is 0.225 e. The van der Waals surface area contributed by atoms with E-state index in [0.29, 0.717) is 19.5 Å². The molecule has 1 atom stereocenters. The molecule has 1 fully saturated rings. The summed E-state index contributed by atoms with van der Waals surface area (Å²) in [7, 11) is 1.66. The zero-order valence-corrected chi connectivity index (χ0v) is 17.1. The van der Waals surface area contributed by atoms with E-state index >= 15 is 0 Å². The first-order valence-electron chi connectivity index (χ1n) is 10.2. The Kier molecular flexibility index (Phi) is 6.02. The molecule has 3 aromatic rings. The monoisotopic (exact) mass is 407 g/mol. The molecule has 1 aliphatic rings. The number of halogens is 1. The lowest BCUT2D eigenvalue weighted by Gasteiger charge is -2.37. The van der Waals surface area contributed by atoms with Crippen molar-refractivity contribution >= 4 is 11.6 Å². The highest BCUT2D eigenvalue weighted by molar-refractivity contribution is 5.77. The van der Waals surface area contributed by atoms with E-state index in [4.69, 9.17) is 4.74 Å². The molecule has 1 aliphatic heterocycles. The maximum absolute atomic E-state index is 13.8.